The SMILES string of the molecule is COc1ccc(OC)c(COC(=O)c2ccc(S(=O)(=O)NCC(N)=O)cc2)c1. The number of benzene rings is 2. The summed E-state index contributed by atoms with van der Waals surface area (Å²) < 4.78 is 41.7. The van der Waals surface area contributed by atoms with Gasteiger partial charge < -0.3 is 19.9 Å². The van der Waals surface area contributed by atoms with Crippen molar-refractivity contribution < 1.29 is 32.2 Å². The number of carbonyl (C=O) groups excluding carboxylic acids is 2. The normalized spacial score (nSPS) is 10.9. The molecule has 0 radical (unpaired) electrons. The van der Waals surface area contributed by atoms with E-state index in [1.807, 2.05) is 4.72 Å². The van der Waals surface area contributed by atoms with Crippen LogP contribution < -0.4 is 19.9 Å². The van der Waals surface area contributed by atoms with Crippen LogP contribution in [0.3, 0.4) is 0 Å². The number of ether oxygens (including phenoxy) is 3. The summed E-state index contributed by atoms with van der Waals surface area (Å²) in [4.78, 5) is 22.8. The summed E-state index contributed by atoms with van der Waals surface area (Å²) in [5.74, 6) is -0.323. The first-order valence-electron chi connectivity index (χ1n) is 8.03. The van der Waals surface area contributed by atoms with Crippen molar-refractivity contribution in [1.82, 2.24) is 4.72 Å². The number of carbonyl (C=O) groups is 2. The molecule has 0 aromatic heterocycles. The van der Waals surface area contributed by atoms with E-state index in [0.29, 0.717) is 17.1 Å². The van der Waals surface area contributed by atoms with Gasteiger partial charge in [-0.05, 0) is 42.5 Å². The maximum atomic E-state index is 12.2. The fraction of sp³-hybridized carbons (Fsp3) is 0.222. The molecule has 0 saturated carbocycles. The maximum Gasteiger partial charge on any atom is 0.338 e. The molecule has 2 aromatic carbocycles. The standard InChI is InChI=1S/C18H20N2O7S/c1-25-14-5-8-16(26-2)13(9-14)11-27-18(22)12-3-6-15(7-4-12)28(23,24)20-10-17(19)21/h3-9,20H,10-11H2,1-2H3,(H2,19,21). The van der Waals surface area contributed by atoms with Crippen LogP contribution in [0.2, 0.25) is 0 Å². The molecule has 150 valence electrons. The highest BCUT2D eigenvalue weighted by atomic mass is 32.2. The zero-order valence-electron chi connectivity index (χ0n) is 15.3. The summed E-state index contributed by atoms with van der Waals surface area (Å²) >= 11 is 0. The van der Waals surface area contributed by atoms with Crippen molar-refractivity contribution >= 4 is 21.9 Å². The maximum absolute atomic E-state index is 12.2. The Hall–Kier alpha value is -3.11. The number of hydrogen-bond donors (Lipinski definition) is 2. The minimum atomic E-state index is -3.90. The molecule has 10 heteroatoms. The fourth-order valence-electron chi connectivity index (χ4n) is 2.24. The lowest BCUT2D eigenvalue weighted by atomic mass is 10.2. The van der Waals surface area contributed by atoms with Crippen LogP contribution >= 0.6 is 0 Å². The number of sulfonamides is 1. The van der Waals surface area contributed by atoms with Crippen molar-refractivity contribution in [1.29, 1.82) is 0 Å². The van der Waals surface area contributed by atoms with E-state index in [1.165, 1.54) is 38.5 Å². The van der Waals surface area contributed by atoms with E-state index in [4.69, 9.17) is 19.9 Å². The molecular weight excluding hydrogens is 388 g/mol. The van der Waals surface area contributed by atoms with E-state index >= 15 is 0 Å². The summed E-state index contributed by atoms with van der Waals surface area (Å²) in [6.07, 6.45) is 0. The van der Waals surface area contributed by atoms with Crippen LogP contribution in [0.1, 0.15) is 15.9 Å². The van der Waals surface area contributed by atoms with E-state index in [1.54, 1.807) is 18.2 Å². The molecule has 0 atom stereocenters. The third-order valence-electron chi connectivity index (χ3n) is 3.68. The largest absolute Gasteiger partial charge is 0.497 e. The van der Waals surface area contributed by atoms with Gasteiger partial charge in [0.05, 0.1) is 31.2 Å². The molecular formula is C18H20N2O7S. The first kappa shape index (κ1) is 21.2. The van der Waals surface area contributed by atoms with Gasteiger partial charge in [-0.25, -0.2) is 17.9 Å². The number of primary amides is 1. The van der Waals surface area contributed by atoms with Crippen LogP contribution in [0, 0.1) is 0 Å². The van der Waals surface area contributed by atoms with Gasteiger partial charge in [-0.2, -0.15) is 0 Å². The summed E-state index contributed by atoms with van der Waals surface area (Å²) in [6, 6.07) is 10.2. The van der Waals surface area contributed by atoms with Crippen molar-refractivity contribution in [2.24, 2.45) is 5.73 Å². The van der Waals surface area contributed by atoms with Gasteiger partial charge in [-0.15, -0.1) is 0 Å². The Morgan fingerprint density at radius 1 is 1.04 bits per heavy atom. The molecule has 0 heterocycles. The van der Waals surface area contributed by atoms with Gasteiger partial charge >= 0.3 is 5.97 Å². The van der Waals surface area contributed by atoms with Crippen molar-refractivity contribution in [2.45, 2.75) is 11.5 Å². The zero-order chi connectivity index (χ0) is 20.7. The number of nitrogens with one attached hydrogen (secondary N) is 1. The molecule has 0 aliphatic heterocycles. The predicted octanol–water partition coefficient (Wildman–Crippen LogP) is 0.824. The third kappa shape index (κ3) is 5.44. The van der Waals surface area contributed by atoms with Gasteiger partial charge in [-0.1, -0.05) is 0 Å². The van der Waals surface area contributed by atoms with Crippen LogP contribution in [0.5, 0.6) is 11.5 Å². The Morgan fingerprint density at radius 2 is 1.71 bits per heavy atom. The second kappa shape index (κ2) is 9.20. The monoisotopic (exact) mass is 408 g/mol. The molecule has 9 nitrogen and oxygen atoms in total. The third-order valence-corrected chi connectivity index (χ3v) is 5.10. The molecule has 0 aliphatic rings. The first-order chi connectivity index (χ1) is 13.3. The molecule has 0 aliphatic carbocycles. The van der Waals surface area contributed by atoms with E-state index in [-0.39, 0.29) is 17.1 Å². The summed E-state index contributed by atoms with van der Waals surface area (Å²) in [5.41, 5.74) is 5.70. The van der Waals surface area contributed by atoms with Gasteiger partial charge in [0.25, 0.3) is 0 Å². The van der Waals surface area contributed by atoms with Gasteiger partial charge in [-0.3, -0.25) is 4.79 Å². The highest BCUT2D eigenvalue weighted by molar-refractivity contribution is 7.89. The topological polar surface area (TPSA) is 134 Å². The number of hydrogen-bond acceptors (Lipinski definition) is 7. The van der Waals surface area contributed by atoms with Crippen LogP contribution in [-0.4, -0.2) is 41.1 Å². The Labute approximate surface area is 162 Å². The lowest BCUT2D eigenvalue weighted by molar-refractivity contribution is -0.116. The number of amides is 1. The number of nitrogens with two attached hydrogens (primary N) is 1. The summed E-state index contributed by atoms with van der Waals surface area (Å²) in [5, 5.41) is 0. The molecule has 3 N–H and O–H groups in total. The molecule has 0 spiro atoms. The van der Waals surface area contributed by atoms with Crippen LogP contribution in [0.15, 0.2) is 47.4 Å². The molecule has 2 aromatic rings. The number of rotatable bonds is 9. The Bertz CT molecular complexity index is 956. The Morgan fingerprint density at radius 3 is 2.29 bits per heavy atom. The molecule has 1 amide bonds. The minimum Gasteiger partial charge on any atom is -0.497 e. The average Bonchev–Trinajstić information content (AvgIpc) is 2.70. The Kier molecular flexibility index (Phi) is 6.96. The summed E-state index contributed by atoms with van der Waals surface area (Å²) in [7, 11) is -0.885. The van der Waals surface area contributed by atoms with Crippen LogP contribution in [0.25, 0.3) is 0 Å². The van der Waals surface area contributed by atoms with Gasteiger partial charge in [0.15, 0.2) is 0 Å². The Balaban J connectivity index is 2.07. The second-order valence-electron chi connectivity index (χ2n) is 5.57. The lowest BCUT2D eigenvalue weighted by Crippen LogP contribution is -2.33. The summed E-state index contributed by atoms with van der Waals surface area (Å²) in [6.45, 7) is -0.575. The molecule has 0 saturated heterocycles. The number of methoxy groups -OCH3 is 2. The van der Waals surface area contributed by atoms with Crippen molar-refractivity contribution in [3.8, 4) is 11.5 Å². The zero-order valence-corrected chi connectivity index (χ0v) is 16.1. The van der Waals surface area contributed by atoms with Gasteiger partial charge in [0.1, 0.15) is 18.1 Å². The smallest absolute Gasteiger partial charge is 0.338 e. The van der Waals surface area contributed by atoms with E-state index in [2.05, 4.69) is 0 Å². The molecule has 0 unspecified atom stereocenters. The van der Waals surface area contributed by atoms with Crippen LogP contribution in [0.4, 0.5) is 0 Å². The lowest BCUT2D eigenvalue weighted by Gasteiger charge is -2.11. The second-order valence-corrected chi connectivity index (χ2v) is 7.34. The van der Waals surface area contributed by atoms with Crippen molar-refractivity contribution in [3.05, 3.63) is 53.6 Å². The van der Waals surface area contributed by atoms with Crippen LogP contribution in [-0.2, 0) is 26.2 Å². The van der Waals surface area contributed by atoms with E-state index in [0.717, 1.165) is 0 Å². The first-order valence-corrected chi connectivity index (χ1v) is 9.51. The highest BCUT2D eigenvalue weighted by Crippen LogP contribution is 2.25. The van der Waals surface area contributed by atoms with Gasteiger partial charge in [0.2, 0.25) is 15.9 Å². The average molecular weight is 408 g/mol. The predicted molar refractivity (Wildman–Crippen MR) is 99.5 cm³/mol. The molecule has 0 bridgehead atoms. The highest BCUT2D eigenvalue weighted by Gasteiger charge is 2.16. The minimum absolute atomic E-state index is 0.0561. The van der Waals surface area contributed by atoms with Crippen molar-refractivity contribution in [3.63, 3.8) is 0 Å². The fourth-order valence-corrected chi connectivity index (χ4v) is 3.23. The number of esters is 1. The molecule has 28 heavy (non-hydrogen) atoms. The van der Waals surface area contributed by atoms with E-state index < -0.39 is 28.4 Å². The van der Waals surface area contributed by atoms with E-state index in [9.17, 15) is 18.0 Å². The molecule has 2 rings (SSSR count). The van der Waals surface area contributed by atoms with Gasteiger partial charge in [0, 0.05) is 5.56 Å². The quantitative estimate of drug-likeness (QED) is 0.587. The molecule has 0 fully saturated rings. The van der Waals surface area contributed by atoms with Crippen molar-refractivity contribution in [2.75, 3.05) is 20.8 Å².